The number of aryl methyl sites for hydroxylation is 1. The summed E-state index contributed by atoms with van der Waals surface area (Å²) >= 11 is 0. The summed E-state index contributed by atoms with van der Waals surface area (Å²) in [7, 11) is 0. The molecule has 17 heavy (non-hydrogen) atoms. The molecule has 1 fully saturated rings. The van der Waals surface area contributed by atoms with Gasteiger partial charge in [0.05, 0.1) is 12.3 Å². The zero-order valence-corrected chi connectivity index (χ0v) is 9.78. The second-order valence-corrected chi connectivity index (χ2v) is 4.38. The Kier molecular flexibility index (Phi) is 3.44. The van der Waals surface area contributed by atoms with Crippen LogP contribution in [0.5, 0.6) is 0 Å². The number of hydrogen-bond acceptors (Lipinski definition) is 4. The molecule has 2 atom stereocenters. The fourth-order valence-corrected chi connectivity index (χ4v) is 2.21. The molecule has 0 radical (unpaired) electrons. The maximum absolute atomic E-state index is 11.0. The van der Waals surface area contributed by atoms with Crippen molar-refractivity contribution in [3.63, 3.8) is 0 Å². The first-order valence-corrected chi connectivity index (χ1v) is 5.76. The third-order valence-electron chi connectivity index (χ3n) is 3.06. The van der Waals surface area contributed by atoms with E-state index in [9.17, 15) is 9.90 Å². The van der Waals surface area contributed by atoms with Gasteiger partial charge in [-0.25, -0.2) is 0 Å². The summed E-state index contributed by atoms with van der Waals surface area (Å²) in [4.78, 5) is 12.8. The van der Waals surface area contributed by atoms with Gasteiger partial charge in [0.25, 0.3) is 0 Å². The van der Waals surface area contributed by atoms with Crippen LogP contribution in [-0.4, -0.2) is 49.6 Å². The Morgan fingerprint density at radius 3 is 3.00 bits per heavy atom. The number of aliphatic carboxylic acids is 1. The van der Waals surface area contributed by atoms with E-state index < -0.39 is 18.1 Å². The Hall–Kier alpha value is -1.40. The van der Waals surface area contributed by atoms with Crippen LogP contribution in [0, 0.1) is 0 Å². The Labute approximate surface area is 99.5 Å². The van der Waals surface area contributed by atoms with Crippen LogP contribution in [0.2, 0.25) is 0 Å². The van der Waals surface area contributed by atoms with Crippen LogP contribution in [-0.2, 0) is 17.9 Å². The average molecular weight is 239 g/mol. The van der Waals surface area contributed by atoms with Gasteiger partial charge in [0.15, 0.2) is 0 Å². The van der Waals surface area contributed by atoms with E-state index in [2.05, 4.69) is 5.10 Å². The highest BCUT2D eigenvalue weighted by Gasteiger charge is 2.35. The summed E-state index contributed by atoms with van der Waals surface area (Å²) < 4.78 is 1.80. The van der Waals surface area contributed by atoms with Crippen molar-refractivity contribution in [1.82, 2.24) is 14.7 Å². The SMILES string of the molecule is CCn1cc(CN2CC(O)CC2C(=O)O)cn1. The first-order valence-electron chi connectivity index (χ1n) is 5.76. The summed E-state index contributed by atoms with van der Waals surface area (Å²) in [5, 5.41) is 22.7. The molecule has 0 aliphatic carbocycles. The molecule has 1 aromatic rings. The summed E-state index contributed by atoms with van der Waals surface area (Å²) in [5.74, 6) is -0.871. The predicted molar refractivity (Wildman–Crippen MR) is 60.4 cm³/mol. The third kappa shape index (κ3) is 2.65. The van der Waals surface area contributed by atoms with Gasteiger partial charge in [0.2, 0.25) is 0 Å². The number of carbonyl (C=O) groups is 1. The topological polar surface area (TPSA) is 78.6 Å². The number of β-amino-alcohol motifs (C(OH)–C–C–N with tert-alkyl or cyclic N) is 1. The van der Waals surface area contributed by atoms with Crippen molar-refractivity contribution in [2.45, 2.75) is 38.6 Å². The van der Waals surface area contributed by atoms with Gasteiger partial charge < -0.3 is 10.2 Å². The molecule has 0 amide bonds. The van der Waals surface area contributed by atoms with Crippen molar-refractivity contribution in [3.05, 3.63) is 18.0 Å². The van der Waals surface area contributed by atoms with Gasteiger partial charge in [0.1, 0.15) is 6.04 Å². The van der Waals surface area contributed by atoms with E-state index in [1.807, 2.05) is 13.1 Å². The summed E-state index contributed by atoms with van der Waals surface area (Å²) in [5.41, 5.74) is 0.979. The Morgan fingerprint density at radius 2 is 2.41 bits per heavy atom. The molecule has 0 spiro atoms. The van der Waals surface area contributed by atoms with Gasteiger partial charge in [-0.05, 0) is 6.92 Å². The van der Waals surface area contributed by atoms with Crippen molar-refractivity contribution < 1.29 is 15.0 Å². The van der Waals surface area contributed by atoms with Crippen molar-refractivity contribution in [1.29, 1.82) is 0 Å². The largest absolute Gasteiger partial charge is 0.480 e. The van der Waals surface area contributed by atoms with Crippen molar-refractivity contribution in [2.24, 2.45) is 0 Å². The molecule has 2 unspecified atom stereocenters. The van der Waals surface area contributed by atoms with Crippen LogP contribution in [0.1, 0.15) is 18.9 Å². The van der Waals surface area contributed by atoms with Crippen molar-refractivity contribution >= 4 is 5.97 Å². The van der Waals surface area contributed by atoms with E-state index >= 15 is 0 Å². The van der Waals surface area contributed by atoms with E-state index in [1.165, 1.54) is 0 Å². The Morgan fingerprint density at radius 1 is 1.65 bits per heavy atom. The molecule has 2 heterocycles. The maximum Gasteiger partial charge on any atom is 0.321 e. The molecule has 1 aliphatic heterocycles. The minimum Gasteiger partial charge on any atom is -0.480 e. The lowest BCUT2D eigenvalue weighted by Crippen LogP contribution is -2.35. The molecule has 0 aromatic carbocycles. The first kappa shape index (κ1) is 12.1. The smallest absolute Gasteiger partial charge is 0.321 e. The molecule has 6 heteroatoms. The van der Waals surface area contributed by atoms with Crippen LogP contribution in [0.15, 0.2) is 12.4 Å². The molecular formula is C11H17N3O3. The second kappa shape index (κ2) is 4.85. The molecule has 1 aromatic heterocycles. The third-order valence-corrected chi connectivity index (χ3v) is 3.06. The highest BCUT2D eigenvalue weighted by atomic mass is 16.4. The van der Waals surface area contributed by atoms with Gasteiger partial charge in [-0.2, -0.15) is 5.10 Å². The van der Waals surface area contributed by atoms with Crippen LogP contribution >= 0.6 is 0 Å². The number of aliphatic hydroxyl groups excluding tert-OH is 1. The summed E-state index contributed by atoms with van der Waals surface area (Å²) in [6.45, 7) is 3.73. The Bertz CT molecular complexity index is 404. The number of aliphatic hydroxyl groups is 1. The fraction of sp³-hybridized carbons (Fsp3) is 0.636. The summed E-state index contributed by atoms with van der Waals surface area (Å²) in [6, 6.07) is -0.588. The first-order chi connectivity index (χ1) is 8.10. The molecule has 0 saturated carbocycles. The molecule has 1 saturated heterocycles. The lowest BCUT2D eigenvalue weighted by atomic mass is 10.2. The van der Waals surface area contributed by atoms with Crippen LogP contribution in [0.25, 0.3) is 0 Å². The maximum atomic E-state index is 11.0. The molecule has 2 rings (SSSR count). The van der Waals surface area contributed by atoms with E-state index in [0.717, 1.165) is 12.1 Å². The van der Waals surface area contributed by atoms with Crippen molar-refractivity contribution in [3.8, 4) is 0 Å². The van der Waals surface area contributed by atoms with Gasteiger partial charge >= 0.3 is 5.97 Å². The van der Waals surface area contributed by atoms with Gasteiger partial charge in [-0.1, -0.05) is 0 Å². The van der Waals surface area contributed by atoms with Crippen LogP contribution in [0.3, 0.4) is 0 Å². The van der Waals surface area contributed by atoms with Crippen LogP contribution < -0.4 is 0 Å². The van der Waals surface area contributed by atoms with Crippen LogP contribution in [0.4, 0.5) is 0 Å². The normalized spacial score (nSPS) is 25.3. The molecule has 0 bridgehead atoms. The molecule has 2 N–H and O–H groups in total. The van der Waals surface area contributed by atoms with Gasteiger partial charge in [0, 0.05) is 37.8 Å². The van der Waals surface area contributed by atoms with Gasteiger partial charge in [-0.15, -0.1) is 0 Å². The average Bonchev–Trinajstić information content (AvgIpc) is 2.85. The number of hydrogen-bond donors (Lipinski definition) is 2. The highest BCUT2D eigenvalue weighted by molar-refractivity contribution is 5.74. The second-order valence-electron chi connectivity index (χ2n) is 4.38. The predicted octanol–water partition coefficient (Wildman–Crippen LogP) is -0.0772. The number of carboxylic acids is 1. The van der Waals surface area contributed by atoms with Gasteiger partial charge in [-0.3, -0.25) is 14.4 Å². The Balaban J connectivity index is 2.04. The zero-order chi connectivity index (χ0) is 12.4. The molecule has 6 nitrogen and oxygen atoms in total. The fourth-order valence-electron chi connectivity index (χ4n) is 2.21. The van der Waals surface area contributed by atoms with E-state index in [4.69, 9.17) is 5.11 Å². The van der Waals surface area contributed by atoms with E-state index in [1.54, 1.807) is 15.8 Å². The molecule has 1 aliphatic rings. The number of aromatic nitrogens is 2. The van der Waals surface area contributed by atoms with Crippen molar-refractivity contribution in [2.75, 3.05) is 6.54 Å². The standard InChI is InChI=1S/C11H17N3O3/c1-2-14-6-8(4-12-14)5-13-7-9(15)3-10(13)11(16)17/h4,6,9-10,15H,2-3,5,7H2,1H3,(H,16,17). The highest BCUT2D eigenvalue weighted by Crippen LogP contribution is 2.20. The number of likely N-dealkylation sites (tertiary alicyclic amines) is 1. The quantitative estimate of drug-likeness (QED) is 0.768. The minimum atomic E-state index is -0.871. The monoisotopic (exact) mass is 239 g/mol. The lowest BCUT2D eigenvalue weighted by Gasteiger charge is -2.19. The van der Waals surface area contributed by atoms with E-state index in [-0.39, 0.29) is 0 Å². The van der Waals surface area contributed by atoms with E-state index in [0.29, 0.717) is 19.5 Å². The number of rotatable bonds is 4. The molecular weight excluding hydrogens is 222 g/mol. The lowest BCUT2D eigenvalue weighted by molar-refractivity contribution is -0.142. The zero-order valence-electron chi connectivity index (χ0n) is 9.78. The minimum absolute atomic E-state index is 0.303. The number of carboxylic acid groups (broad SMARTS) is 1. The summed E-state index contributed by atoms with van der Waals surface area (Å²) in [6.07, 6.45) is 3.41. The number of nitrogens with zero attached hydrogens (tertiary/aromatic N) is 3. The molecule has 94 valence electrons.